The van der Waals surface area contributed by atoms with Gasteiger partial charge in [0.1, 0.15) is 5.82 Å². The smallest absolute Gasteiger partial charge is 0.128 e. The van der Waals surface area contributed by atoms with Crippen LogP contribution in [0, 0.1) is 6.92 Å². The number of nitrogens with two attached hydrogens (primary N) is 1. The van der Waals surface area contributed by atoms with Crippen molar-refractivity contribution in [3.05, 3.63) is 17.8 Å². The van der Waals surface area contributed by atoms with Gasteiger partial charge in [0, 0.05) is 44.1 Å². The standard InChI is InChI=1S/C14H24N4/c1-10-9-16-14(8-13(10)18(2)3)17-12-6-4-11(15)5-7-12/h8-9,11-12H,4-7,15H2,1-3H3,(H,16,17)/t11-,12+. The summed E-state index contributed by atoms with van der Waals surface area (Å²) in [7, 11) is 4.12. The van der Waals surface area contributed by atoms with E-state index in [-0.39, 0.29) is 0 Å². The molecule has 100 valence electrons. The van der Waals surface area contributed by atoms with Gasteiger partial charge in [-0.1, -0.05) is 0 Å². The third-order valence-electron chi connectivity index (χ3n) is 3.68. The van der Waals surface area contributed by atoms with Crippen LogP contribution in [-0.4, -0.2) is 31.2 Å². The molecule has 0 aliphatic heterocycles. The molecule has 1 aromatic heterocycles. The lowest BCUT2D eigenvalue weighted by atomic mass is 9.92. The number of hydrogen-bond donors (Lipinski definition) is 2. The minimum Gasteiger partial charge on any atom is -0.377 e. The van der Waals surface area contributed by atoms with Crippen LogP contribution in [-0.2, 0) is 0 Å². The minimum atomic E-state index is 0.395. The Bertz CT molecular complexity index is 395. The predicted molar refractivity (Wildman–Crippen MR) is 77.2 cm³/mol. The van der Waals surface area contributed by atoms with Gasteiger partial charge in [-0.25, -0.2) is 4.98 Å². The van der Waals surface area contributed by atoms with Crippen molar-refractivity contribution in [1.82, 2.24) is 4.98 Å². The summed E-state index contributed by atoms with van der Waals surface area (Å²) in [6, 6.07) is 3.05. The first kappa shape index (κ1) is 13.1. The van der Waals surface area contributed by atoms with Gasteiger partial charge in [-0.2, -0.15) is 0 Å². The Balaban J connectivity index is 2.03. The zero-order valence-corrected chi connectivity index (χ0v) is 11.6. The molecule has 0 spiro atoms. The summed E-state index contributed by atoms with van der Waals surface area (Å²) in [5.41, 5.74) is 8.35. The Morgan fingerprint density at radius 3 is 2.56 bits per heavy atom. The van der Waals surface area contributed by atoms with E-state index in [1.807, 2.05) is 6.20 Å². The SMILES string of the molecule is Cc1cnc(N[C@H]2CC[C@@H](N)CC2)cc1N(C)C. The van der Waals surface area contributed by atoms with Crippen LogP contribution in [0.2, 0.25) is 0 Å². The molecule has 0 amide bonds. The Hall–Kier alpha value is -1.29. The number of pyridine rings is 1. The Labute approximate surface area is 110 Å². The summed E-state index contributed by atoms with van der Waals surface area (Å²) in [4.78, 5) is 6.59. The van der Waals surface area contributed by atoms with E-state index in [4.69, 9.17) is 5.73 Å². The van der Waals surface area contributed by atoms with Gasteiger partial charge in [0.2, 0.25) is 0 Å². The molecule has 1 aliphatic rings. The number of nitrogens with zero attached hydrogens (tertiary/aromatic N) is 2. The van der Waals surface area contributed by atoms with Gasteiger partial charge in [0.05, 0.1) is 0 Å². The molecule has 0 bridgehead atoms. The molecule has 0 radical (unpaired) electrons. The third kappa shape index (κ3) is 3.13. The highest BCUT2D eigenvalue weighted by Crippen LogP contribution is 2.24. The molecule has 0 atom stereocenters. The van der Waals surface area contributed by atoms with E-state index in [2.05, 4.69) is 42.3 Å². The second-order valence-electron chi connectivity index (χ2n) is 5.51. The van der Waals surface area contributed by atoms with Crippen molar-refractivity contribution < 1.29 is 0 Å². The van der Waals surface area contributed by atoms with E-state index >= 15 is 0 Å². The highest BCUT2D eigenvalue weighted by Gasteiger charge is 2.18. The van der Waals surface area contributed by atoms with Crippen LogP contribution in [0.1, 0.15) is 31.2 Å². The average Bonchev–Trinajstić information content (AvgIpc) is 2.34. The van der Waals surface area contributed by atoms with E-state index in [9.17, 15) is 0 Å². The molecular formula is C14H24N4. The van der Waals surface area contributed by atoms with Crippen molar-refractivity contribution in [1.29, 1.82) is 0 Å². The maximum absolute atomic E-state index is 5.92. The van der Waals surface area contributed by atoms with Gasteiger partial charge in [-0.3, -0.25) is 0 Å². The van der Waals surface area contributed by atoms with Gasteiger partial charge in [-0.15, -0.1) is 0 Å². The molecule has 4 heteroatoms. The molecular weight excluding hydrogens is 224 g/mol. The van der Waals surface area contributed by atoms with Gasteiger partial charge in [-0.05, 0) is 38.2 Å². The molecule has 3 N–H and O–H groups in total. The lowest BCUT2D eigenvalue weighted by molar-refractivity contribution is 0.410. The number of anilines is 2. The fraction of sp³-hybridized carbons (Fsp3) is 0.643. The van der Waals surface area contributed by atoms with Crippen molar-refractivity contribution in [2.45, 2.75) is 44.7 Å². The first-order valence-electron chi connectivity index (χ1n) is 6.72. The molecule has 1 fully saturated rings. The highest BCUT2D eigenvalue weighted by atomic mass is 15.1. The predicted octanol–water partition coefficient (Wildman–Crippen LogP) is 2.14. The molecule has 0 unspecified atom stereocenters. The molecule has 0 saturated heterocycles. The van der Waals surface area contributed by atoms with Crippen LogP contribution in [0.5, 0.6) is 0 Å². The Morgan fingerprint density at radius 2 is 1.94 bits per heavy atom. The van der Waals surface area contributed by atoms with Gasteiger partial charge in [0.15, 0.2) is 0 Å². The molecule has 1 aromatic rings. The van der Waals surface area contributed by atoms with E-state index < -0.39 is 0 Å². The summed E-state index contributed by atoms with van der Waals surface area (Å²) < 4.78 is 0. The number of hydrogen-bond acceptors (Lipinski definition) is 4. The summed E-state index contributed by atoms with van der Waals surface area (Å²) in [6.45, 7) is 2.09. The quantitative estimate of drug-likeness (QED) is 0.860. The normalized spacial score (nSPS) is 23.8. The van der Waals surface area contributed by atoms with Crippen molar-refractivity contribution in [3.63, 3.8) is 0 Å². The topological polar surface area (TPSA) is 54.2 Å². The Kier molecular flexibility index (Phi) is 4.07. The van der Waals surface area contributed by atoms with Crippen LogP contribution in [0.25, 0.3) is 0 Å². The van der Waals surface area contributed by atoms with Gasteiger partial charge < -0.3 is 16.0 Å². The van der Waals surface area contributed by atoms with Gasteiger partial charge in [0.25, 0.3) is 0 Å². The summed E-state index contributed by atoms with van der Waals surface area (Å²) in [6.07, 6.45) is 6.46. The maximum Gasteiger partial charge on any atom is 0.128 e. The van der Waals surface area contributed by atoms with Gasteiger partial charge >= 0.3 is 0 Å². The van der Waals surface area contributed by atoms with Crippen molar-refractivity contribution >= 4 is 11.5 Å². The number of aryl methyl sites for hydroxylation is 1. The summed E-state index contributed by atoms with van der Waals surface area (Å²) in [5.74, 6) is 0.977. The first-order valence-corrected chi connectivity index (χ1v) is 6.72. The zero-order valence-electron chi connectivity index (χ0n) is 11.6. The van der Waals surface area contributed by atoms with Crippen LogP contribution in [0.4, 0.5) is 11.5 Å². The van der Waals surface area contributed by atoms with E-state index in [0.29, 0.717) is 12.1 Å². The molecule has 1 aliphatic carbocycles. The van der Waals surface area contributed by atoms with Crippen LogP contribution in [0.3, 0.4) is 0 Å². The van der Waals surface area contributed by atoms with Crippen molar-refractivity contribution in [3.8, 4) is 0 Å². The van der Waals surface area contributed by atoms with Crippen LogP contribution >= 0.6 is 0 Å². The Morgan fingerprint density at radius 1 is 1.28 bits per heavy atom. The number of aromatic nitrogens is 1. The molecule has 1 heterocycles. The van der Waals surface area contributed by atoms with E-state index in [1.54, 1.807) is 0 Å². The lowest BCUT2D eigenvalue weighted by Gasteiger charge is -2.27. The minimum absolute atomic E-state index is 0.395. The largest absolute Gasteiger partial charge is 0.377 e. The second kappa shape index (κ2) is 5.57. The monoisotopic (exact) mass is 248 g/mol. The average molecular weight is 248 g/mol. The van der Waals surface area contributed by atoms with Crippen LogP contribution in [0.15, 0.2) is 12.3 Å². The first-order chi connectivity index (χ1) is 8.56. The molecule has 2 rings (SSSR count). The lowest BCUT2D eigenvalue weighted by Crippen LogP contribution is -2.33. The number of nitrogens with one attached hydrogen (secondary N) is 1. The van der Waals surface area contributed by atoms with Crippen molar-refractivity contribution in [2.75, 3.05) is 24.3 Å². The number of rotatable bonds is 3. The maximum atomic E-state index is 5.92. The fourth-order valence-corrected chi connectivity index (χ4v) is 2.55. The van der Waals surface area contributed by atoms with Crippen LogP contribution < -0.4 is 16.0 Å². The fourth-order valence-electron chi connectivity index (χ4n) is 2.55. The zero-order chi connectivity index (χ0) is 13.1. The summed E-state index contributed by atoms with van der Waals surface area (Å²) in [5, 5.41) is 3.53. The molecule has 18 heavy (non-hydrogen) atoms. The second-order valence-corrected chi connectivity index (χ2v) is 5.51. The van der Waals surface area contributed by atoms with Crippen molar-refractivity contribution in [2.24, 2.45) is 5.73 Å². The highest BCUT2D eigenvalue weighted by molar-refractivity contribution is 5.58. The van der Waals surface area contributed by atoms with E-state index in [1.165, 1.54) is 11.3 Å². The summed E-state index contributed by atoms with van der Waals surface area (Å²) >= 11 is 0. The molecule has 4 nitrogen and oxygen atoms in total. The molecule has 0 aromatic carbocycles. The van der Waals surface area contributed by atoms with E-state index in [0.717, 1.165) is 31.5 Å². The molecule has 1 saturated carbocycles. The third-order valence-corrected chi connectivity index (χ3v) is 3.68.